The Morgan fingerprint density at radius 1 is 0.778 bits per heavy atom. The SMILES string of the molecule is CCCOc1ccc(C(=O)N(Cc2ccccc2)Cc2ccccc2)cc1. The molecule has 0 saturated carbocycles. The molecule has 0 fully saturated rings. The van der Waals surface area contributed by atoms with E-state index < -0.39 is 0 Å². The molecule has 27 heavy (non-hydrogen) atoms. The zero-order chi connectivity index (χ0) is 18.9. The van der Waals surface area contributed by atoms with Crippen LogP contribution in [0.5, 0.6) is 5.75 Å². The summed E-state index contributed by atoms with van der Waals surface area (Å²) < 4.78 is 5.62. The lowest BCUT2D eigenvalue weighted by Gasteiger charge is -2.23. The van der Waals surface area contributed by atoms with E-state index in [-0.39, 0.29) is 5.91 Å². The van der Waals surface area contributed by atoms with Gasteiger partial charge in [-0.05, 0) is 41.8 Å². The average Bonchev–Trinajstić information content (AvgIpc) is 2.73. The minimum atomic E-state index is 0.0183. The predicted molar refractivity (Wildman–Crippen MR) is 109 cm³/mol. The Bertz CT molecular complexity index is 788. The van der Waals surface area contributed by atoms with Crippen molar-refractivity contribution in [2.75, 3.05) is 6.61 Å². The fourth-order valence-corrected chi connectivity index (χ4v) is 2.90. The van der Waals surface area contributed by atoms with E-state index in [1.807, 2.05) is 89.8 Å². The lowest BCUT2D eigenvalue weighted by molar-refractivity contribution is 0.0730. The third-order valence-corrected chi connectivity index (χ3v) is 4.29. The van der Waals surface area contributed by atoms with Gasteiger partial charge in [-0.15, -0.1) is 0 Å². The van der Waals surface area contributed by atoms with Crippen molar-refractivity contribution in [1.82, 2.24) is 4.90 Å². The quantitative estimate of drug-likeness (QED) is 0.545. The molecule has 0 aliphatic heterocycles. The van der Waals surface area contributed by atoms with Gasteiger partial charge >= 0.3 is 0 Å². The lowest BCUT2D eigenvalue weighted by Crippen LogP contribution is -2.30. The predicted octanol–water partition coefficient (Wildman–Crippen LogP) is 5.32. The van der Waals surface area contributed by atoms with Crippen molar-refractivity contribution in [3.63, 3.8) is 0 Å². The molecular formula is C24H25NO2. The molecule has 0 bridgehead atoms. The second kappa shape index (κ2) is 9.58. The number of hydrogen-bond donors (Lipinski definition) is 0. The highest BCUT2D eigenvalue weighted by molar-refractivity contribution is 5.94. The van der Waals surface area contributed by atoms with Gasteiger partial charge in [0.1, 0.15) is 5.75 Å². The van der Waals surface area contributed by atoms with E-state index in [9.17, 15) is 4.79 Å². The van der Waals surface area contributed by atoms with Crippen LogP contribution in [0.25, 0.3) is 0 Å². The van der Waals surface area contributed by atoms with E-state index in [2.05, 4.69) is 6.92 Å². The van der Waals surface area contributed by atoms with Crippen molar-refractivity contribution in [2.45, 2.75) is 26.4 Å². The number of amides is 1. The molecule has 3 aromatic carbocycles. The van der Waals surface area contributed by atoms with Gasteiger partial charge in [0, 0.05) is 18.7 Å². The smallest absolute Gasteiger partial charge is 0.254 e. The number of carbonyl (C=O) groups is 1. The summed E-state index contributed by atoms with van der Waals surface area (Å²) in [6.45, 7) is 3.90. The van der Waals surface area contributed by atoms with Gasteiger partial charge in [0.15, 0.2) is 0 Å². The van der Waals surface area contributed by atoms with Gasteiger partial charge in [0.05, 0.1) is 6.61 Å². The molecule has 0 radical (unpaired) electrons. The van der Waals surface area contributed by atoms with E-state index in [0.717, 1.165) is 23.3 Å². The minimum Gasteiger partial charge on any atom is -0.494 e. The first-order valence-electron chi connectivity index (χ1n) is 9.36. The monoisotopic (exact) mass is 359 g/mol. The van der Waals surface area contributed by atoms with Crippen LogP contribution >= 0.6 is 0 Å². The number of benzene rings is 3. The molecule has 0 spiro atoms. The number of rotatable bonds is 8. The van der Waals surface area contributed by atoms with Crippen molar-refractivity contribution in [3.8, 4) is 5.75 Å². The molecule has 3 heteroatoms. The molecular weight excluding hydrogens is 334 g/mol. The molecule has 0 saturated heterocycles. The van der Waals surface area contributed by atoms with Crippen LogP contribution in [-0.2, 0) is 13.1 Å². The minimum absolute atomic E-state index is 0.0183. The van der Waals surface area contributed by atoms with Crippen molar-refractivity contribution in [2.24, 2.45) is 0 Å². The molecule has 0 N–H and O–H groups in total. The Morgan fingerprint density at radius 3 is 1.78 bits per heavy atom. The van der Waals surface area contributed by atoms with E-state index in [1.54, 1.807) is 0 Å². The van der Waals surface area contributed by atoms with Crippen LogP contribution < -0.4 is 4.74 Å². The van der Waals surface area contributed by atoms with Gasteiger partial charge < -0.3 is 9.64 Å². The van der Waals surface area contributed by atoms with Gasteiger partial charge in [0.2, 0.25) is 0 Å². The molecule has 138 valence electrons. The van der Waals surface area contributed by atoms with Gasteiger partial charge in [-0.25, -0.2) is 0 Å². The molecule has 0 atom stereocenters. The molecule has 0 unspecified atom stereocenters. The Morgan fingerprint density at radius 2 is 1.30 bits per heavy atom. The van der Waals surface area contributed by atoms with Crippen molar-refractivity contribution < 1.29 is 9.53 Å². The standard InChI is InChI=1S/C24H25NO2/c1-2-17-27-23-15-13-22(14-16-23)24(26)25(18-20-9-5-3-6-10-20)19-21-11-7-4-8-12-21/h3-16H,2,17-19H2,1H3. The number of hydrogen-bond acceptors (Lipinski definition) is 2. The maximum absolute atomic E-state index is 13.2. The van der Waals surface area contributed by atoms with Crippen LogP contribution in [-0.4, -0.2) is 17.4 Å². The van der Waals surface area contributed by atoms with E-state index in [4.69, 9.17) is 4.74 Å². The molecule has 3 rings (SSSR count). The first kappa shape index (κ1) is 18.7. The molecule has 1 amide bonds. The largest absolute Gasteiger partial charge is 0.494 e. The Labute approximate surface area is 161 Å². The highest BCUT2D eigenvalue weighted by Gasteiger charge is 2.17. The first-order valence-corrected chi connectivity index (χ1v) is 9.36. The van der Waals surface area contributed by atoms with E-state index in [0.29, 0.717) is 25.3 Å². The van der Waals surface area contributed by atoms with Crippen LogP contribution in [0.4, 0.5) is 0 Å². The van der Waals surface area contributed by atoms with E-state index >= 15 is 0 Å². The molecule has 3 nitrogen and oxygen atoms in total. The van der Waals surface area contributed by atoms with Gasteiger partial charge in [-0.1, -0.05) is 67.6 Å². The van der Waals surface area contributed by atoms with Crippen LogP contribution in [0.15, 0.2) is 84.9 Å². The lowest BCUT2D eigenvalue weighted by atomic mass is 10.1. The number of nitrogens with zero attached hydrogens (tertiary/aromatic N) is 1. The second-order valence-electron chi connectivity index (χ2n) is 6.51. The summed E-state index contributed by atoms with van der Waals surface area (Å²) in [6, 6.07) is 27.6. The van der Waals surface area contributed by atoms with Crippen LogP contribution in [0, 0.1) is 0 Å². The van der Waals surface area contributed by atoms with Gasteiger partial charge in [0.25, 0.3) is 5.91 Å². The van der Waals surface area contributed by atoms with Crippen molar-refractivity contribution in [3.05, 3.63) is 102 Å². The Balaban J connectivity index is 1.79. The van der Waals surface area contributed by atoms with E-state index in [1.165, 1.54) is 0 Å². The summed E-state index contributed by atoms with van der Waals surface area (Å²) in [6.07, 6.45) is 0.961. The zero-order valence-electron chi connectivity index (χ0n) is 15.7. The van der Waals surface area contributed by atoms with Crippen molar-refractivity contribution in [1.29, 1.82) is 0 Å². The summed E-state index contributed by atoms with van der Waals surface area (Å²) in [4.78, 5) is 15.0. The highest BCUT2D eigenvalue weighted by atomic mass is 16.5. The van der Waals surface area contributed by atoms with Crippen molar-refractivity contribution >= 4 is 5.91 Å². The fourth-order valence-electron chi connectivity index (χ4n) is 2.90. The third-order valence-electron chi connectivity index (χ3n) is 4.29. The summed E-state index contributed by atoms with van der Waals surface area (Å²) >= 11 is 0. The van der Waals surface area contributed by atoms with Gasteiger partial charge in [-0.3, -0.25) is 4.79 Å². The third kappa shape index (κ3) is 5.45. The maximum atomic E-state index is 13.2. The molecule has 0 heterocycles. The topological polar surface area (TPSA) is 29.5 Å². The second-order valence-corrected chi connectivity index (χ2v) is 6.51. The normalized spacial score (nSPS) is 10.4. The molecule has 0 aliphatic rings. The van der Waals surface area contributed by atoms with Crippen LogP contribution in [0.2, 0.25) is 0 Å². The fraction of sp³-hybridized carbons (Fsp3) is 0.208. The Kier molecular flexibility index (Phi) is 6.64. The molecule has 3 aromatic rings. The molecule has 0 aliphatic carbocycles. The zero-order valence-corrected chi connectivity index (χ0v) is 15.7. The summed E-state index contributed by atoms with van der Waals surface area (Å²) in [5.41, 5.74) is 2.90. The number of ether oxygens (including phenoxy) is 1. The Hall–Kier alpha value is -3.07. The highest BCUT2D eigenvalue weighted by Crippen LogP contribution is 2.17. The molecule has 0 aromatic heterocycles. The summed E-state index contributed by atoms with van der Waals surface area (Å²) in [5, 5.41) is 0. The number of carbonyl (C=O) groups excluding carboxylic acids is 1. The van der Waals surface area contributed by atoms with Gasteiger partial charge in [-0.2, -0.15) is 0 Å². The van der Waals surface area contributed by atoms with Crippen LogP contribution in [0.1, 0.15) is 34.8 Å². The first-order chi connectivity index (χ1) is 13.3. The van der Waals surface area contributed by atoms with Crippen LogP contribution in [0.3, 0.4) is 0 Å². The average molecular weight is 359 g/mol. The maximum Gasteiger partial charge on any atom is 0.254 e. The summed E-state index contributed by atoms with van der Waals surface area (Å²) in [7, 11) is 0. The summed E-state index contributed by atoms with van der Waals surface area (Å²) in [5.74, 6) is 0.816.